The number of rotatable bonds is 10. The van der Waals surface area contributed by atoms with E-state index in [9.17, 15) is 19.2 Å². The van der Waals surface area contributed by atoms with Gasteiger partial charge in [-0.25, -0.2) is 9.87 Å². The summed E-state index contributed by atoms with van der Waals surface area (Å²) in [5.41, 5.74) is 5.08. The van der Waals surface area contributed by atoms with Gasteiger partial charge in [-0.05, 0) is 86.7 Å². The number of amides is 2. The second kappa shape index (κ2) is 13.1. The number of pyridine rings is 1. The predicted octanol–water partition coefficient (Wildman–Crippen LogP) is 5.36. The molecule has 42 heavy (non-hydrogen) atoms. The molecule has 0 radical (unpaired) electrons. The summed E-state index contributed by atoms with van der Waals surface area (Å²) in [7, 11) is 0. The van der Waals surface area contributed by atoms with E-state index >= 15 is 0 Å². The van der Waals surface area contributed by atoms with Crippen LogP contribution in [0.3, 0.4) is 0 Å². The summed E-state index contributed by atoms with van der Waals surface area (Å²) in [4.78, 5) is 30.0. The molecule has 4 N–H and O–H groups in total. The Morgan fingerprint density at radius 3 is 2.52 bits per heavy atom. The average molecular weight is 571 g/mol. The molecule has 218 valence electrons. The van der Waals surface area contributed by atoms with Crippen LogP contribution < -0.4 is 20.9 Å². The molecule has 0 bridgehead atoms. The summed E-state index contributed by atoms with van der Waals surface area (Å²) in [6, 6.07) is 23.5. The molecule has 1 fully saturated rings. The van der Waals surface area contributed by atoms with Gasteiger partial charge in [-0.15, -0.1) is 0 Å². The standard InChI is InChI=1S/C33H35FN4O4/c1-22-17-25(29-7-2-3-8-30(29)36-22)21-42-28-11-9-24(10-12-28)32(40)37-33(19-31(39)38-41)15-13-27(14-16-33)35-20-23-5-4-6-26(34)18-23/h2-12,17-18,27,35,41H,13-16,19-21H2,1H3,(H,37,40)(H,38,39)/t27-,33-. The lowest BCUT2D eigenvalue weighted by molar-refractivity contribution is -0.131. The van der Waals surface area contributed by atoms with E-state index < -0.39 is 11.4 Å². The maximum Gasteiger partial charge on any atom is 0.251 e. The summed E-state index contributed by atoms with van der Waals surface area (Å²) in [5.74, 6) is -0.491. The van der Waals surface area contributed by atoms with Crippen LogP contribution in [0, 0.1) is 12.7 Å². The molecule has 0 atom stereocenters. The summed E-state index contributed by atoms with van der Waals surface area (Å²) < 4.78 is 19.5. The number of hydrogen-bond acceptors (Lipinski definition) is 6. The van der Waals surface area contributed by atoms with E-state index in [4.69, 9.17) is 4.74 Å². The molecule has 1 heterocycles. The van der Waals surface area contributed by atoms with Gasteiger partial charge < -0.3 is 15.4 Å². The van der Waals surface area contributed by atoms with E-state index in [1.54, 1.807) is 35.8 Å². The largest absolute Gasteiger partial charge is 0.489 e. The van der Waals surface area contributed by atoms with Crippen LogP contribution in [0.15, 0.2) is 78.9 Å². The number of hydrogen-bond donors (Lipinski definition) is 4. The molecule has 0 saturated heterocycles. The lowest BCUT2D eigenvalue weighted by atomic mass is 9.76. The molecular weight excluding hydrogens is 535 g/mol. The number of carbonyl (C=O) groups is 2. The Morgan fingerprint density at radius 2 is 1.79 bits per heavy atom. The van der Waals surface area contributed by atoms with Gasteiger partial charge in [0.25, 0.3) is 5.91 Å². The monoisotopic (exact) mass is 570 g/mol. The summed E-state index contributed by atoms with van der Waals surface area (Å²) in [6.45, 7) is 2.85. The maximum atomic E-state index is 13.5. The number of halogens is 1. The zero-order valence-corrected chi connectivity index (χ0v) is 23.5. The molecule has 8 nitrogen and oxygen atoms in total. The molecule has 0 unspecified atom stereocenters. The highest BCUT2D eigenvalue weighted by Gasteiger charge is 2.38. The van der Waals surface area contributed by atoms with Gasteiger partial charge in [-0.3, -0.25) is 19.8 Å². The normalized spacial score (nSPS) is 18.4. The molecule has 1 aromatic heterocycles. The van der Waals surface area contributed by atoms with Crippen molar-refractivity contribution in [1.82, 2.24) is 21.1 Å². The molecule has 1 aliphatic carbocycles. The SMILES string of the molecule is Cc1cc(COc2ccc(C(=O)N[C@]3(CC(=O)NO)CC[C@@H](NCc4cccc(F)c4)CC3)cc2)c2ccccc2n1. The van der Waals surface area contributed by atoms with Crippen LogP contribution in [0.5, 0.6) is 5.75 Å². The number of ether oxygens (including phenoxy) is 1. The van der Waals surface area contributed by atoms with Crippen LogP contribution in [-0.4, -0.2) is 33.6 Å². The molecule has 4 aromatic rings. The molecule has 2 amide bonds. The van der Waals surface area contributed by atoms with E-state index in [1.807, 2.05) is 43.3 Å². The third kappa shape index (κ3) is 7.29. The molecular formula is C33H35FN4O4. The Hall–Kier alpha value is -4.34. The first-order chi connectivity index (χ1) is 20.3. The third-order valence-electron chi connectivity index (χ3n) is 7.87. The van der Waals surface area contributed by atoms with E-state index in [0.29, 0.717) is 50.1 Å². The molecule has 9 heteroatoms. The first-order valence-electron chi connectivity index (χ1n) is 14.1. The fourth-order valence-corrected chi connectivity index (χ4v) is 5.67. The van der Waals surface area contributed by atoms with Gasteiger partial charge in [-0.2, -0.15) is 0 Å². The van der Waals surface area contributed by atoms with Crippen molar-refractivity contribution in [1.29, 1.82) is 0 Å². The number of fused-ring (bicyclic) bond motifs is 1. The Labute approximate surface area is 244 Å². The van der Waals surface area contributed by atoms with Crippen LogP contribution in [0.4, 0.5) is 4.39 Å². The predicted molar refractivity (Wildman–Crippen MR) is 157 cm³/mol. The van der Waals surface area contributed by atoms with Crippen LogP contribution in [-0.2, 0) is 17.9 Å². The van der Waals surface area contributed by atoms with Crippen LogP contribution >= 0.6 is 0 Å². The summed E-state index contributed by atoms with van der Waals surface area (Å²) in [6.07, 6.45) is 2.49. The van der Waals surface area contributed by atoms with Crippen molar-refractivity contribution in [3.63, 3.8) is 0 Å². The smallest absolute Gasteiger partial charge is 0.251 e. The molecule has 5 rings (SSSR count). The third-order valence-corrected chi connectivity index (χ3v) is 7.87. The topological polar surface area (TPSA) is 113 Å². The van der Waals surface area contributed by atoms with Crippen molar-refractivity contribution in [2.75, 3.05) is 0 Å². The number of nitrogens with zero attached hydrogens (tertiary/aromatic N) is 1. The number of aromatic nitrogens is 1. The van der Waals surface area contributed by atoms with Crippen molar-refractivity contribution in [2.24, 2.45) is 0 Å². The van der Waals surface area contributed by atoms with Crippen molar-refractivity contribution >= 4 is 22.7 Å². The number of carbonyl (C=O) groups excluding carboxylic acids is 2. The van der Waals surface area contributed by atoms with Gasteiger partial charge in [0.15, 0.2) is 0 Å². The molecule has 0 spiro atoms. The molecule has 1 saturated carbocycles. The number of hydroxylamine groups is 1. The van der Waals surface area contributed by atoms with Gasteiger partial charge >= 0.3 is 0 Å². The van der Waals surface area contributed by atoms with E-state index in [2.05, 4.69) is 15.6 Å². The lowest BCUT2D eigenvalue weighted by Crippen LogP contribution is -2.54. The van der Waals surface area contributed by atoms with Gasteiger partial charge in [0.05, 0.1) is 11.9 Å². The first-order valence-corrected chi connectivity index (χ1v) is 14.1. The minimum atomic E-state index is -0.795. The van der Waals surface area contributed by atoms with Crippen molar-refractivity contribution in [3.8, 4) is 5.75 Å². The molecule has 1 aliphatic rings. The number of benzene rings is 3. The second-order valence-electron chi connectivity index (χ2n) is 11.0. The van der Waals surface area contributed by atoms with Gasteiger partial charge in [0.1, 0.15) is 18.2 Å². The van der Waals surface area contributed by atoms with Crippen LogP contribution in [0.25, 0.3) is 10.9 Å². The van der Waals surface area contributed by atoms with E-state index in [-0.39, 0.29) is 24.2 Å². The zero-order chi connectivity index (χ0) is 29.5. The zero-order valence-electron chi connectivity index (χ0n) is 23.5. The van der Waals surface area contributed by atoms with E-state index in [1.165, 1.54) is 12.1 Å². The van der Waals surface area contributed by atoms with Crippen LogP contribution in [0.1, 0.15) is 59.3 Å². The minimum absolute atomic E-state index is 0.0354. The Bertz CT molecular complexity index is 1550. The van der Waals surface area contributed by atoms with E-state index in [0.717, 1.165) is 27.7 Å². The van der Waals surface area contributed by atoms with Gasteiger partial charge in [-0.1, -0.05) is 30.3 Å². The molecule has 0 aliphatic heterocycles. The Balaban J connectivity index is 1.20. The highest BCUT2D eigenvalue weighted by molar-refractivity contribution is 5.95. The minimum Gasteiger partial charge on any atom is -0.489 e. The fraction of sp³-hybridized carbons (Fsp3) is 0.303. The quantitative estimate of drug-likeness (QED) is 0.151. The first kappa shape index (κ1) is 29.2. The number of nitrogens with one attached hydrogen (secondary N) is 3. The summed E-state index contributed by atoms with van der Waals surface area (Å²) >= 11 is 0. The fourth-order valence-electron chi connectivity index (χ4n) is 5.67. The lowest BCUT2D eigenvalue weighted by Gasteiger charge is -2.40. The van der Waals surface area contributed by atoms with Gasteiger partial charge in [0, 0.05) is 40.3 Å². The van der Waals surface area contributed by atoms with Gasteiger partial charge in [0.2, 0.25) is 5.91 Å². The highest BCUT2D eigenvalue weighted by atomic mass is 19.1. The summed E-state index contributed by atoms with van der Waals surface area (Å²) in [5, 5.41) is 16.8. The average Bonchev–Trinajstić information content (AvgIpc) is 2.99. The highest BCUT2D eigenvalue weighted by Crippen LogP contribution is 2.32. The number of aryl methyl sites for hydroxylation is 1. The Kier molecular flexibility index (Phi) is 9.09. The van der Waals surface area contributed by atoms with Crippen molar-refractivity contribution in [3.05, 3.63) is 107 Å². The van der Waals surface area contributed by atoms with Crippen molar-refractivity contribution in [2.45, 2.75) is 63.8 Å². The van der Waals surface area contributed by atoms with Crippen LogP contribution in [0.2, 0.25) is 0 Å². The Morgan fingerprint density at radius 1 is 1.02 bits per heavy atom. The maximum absolute atomic E-state index is 13.5. The molecule has 3 aromatic carbocycles. The van der Waals surface area contributed by atoms with Crippen molar-refractivity contribution < 1.29 is 23.9 Å². The second-order valence-corrected chi connectivity index (χ2v) is 11.0. The number of para-hydroxylation sites is 1.